The third kappa shape index (κ3) is 6.10. The fourth-order valence-corrected chi connectivity index (χ4v) is 7.47. The second kappa shape index (κ2) is 11.2. The van der Waals surface area contributed by atoms with Crippen molar-refractivity contribution in [1.82, 2.24) is 20.9 Å². The average Bonchev–Trinajstić information content (AvgIpc) is 3.60. The first-order chi connectivity index (χ1) is 18.6. The number of fused-ring (bicyclic) bond motifs is 1. The van der Waals surface area contributed by atoms with Crippen LogP contribution in [-0.4, -0.2) is 72.1 Å². The molecule has 3 heterocycles. The summed E-state index contributed by atoms with van der Waals surface area (Å²) in [5.41, 5.74) is 0.971. The molecule has 39 heavy (non-hydrogen) atoms. The molecule has 0 saturated carbocycles. The van der Waals surface area contributed by atoms with Crippen LogP contribution in [0.15, 0.2) is 70.6 Å². The molecule has 13 heteroatoms. The molecule has 0 aromatic heterocycles. The number of nitrogens with zero attached hydrogens (tertiary/aromatic N) is 2. The van der Waals surface area contributed by atoms with Gasteiger partial charge in [0.2, 0.25) is 11.8 Å². The Kier molecular flexibility index (Phi) is 7.92. The molecule has 0 aliphatic carbocycles. The molecule has 3 N–H and O–H groups in total. The minimum atomic E-state index is -3.91. The van der Waals surface area contributed by atoms with E-state index in [9.17, 15) is 18.0 Å². The zero-order chi connectivity index (χ0) is 27.6. The van der Waals surface area contributed by atoms with Crippen molar-refractivity contribution in [3.8, 4) is 0 Å². The number of hydrogen-bond donors (Lipinski definition) is 3. The third-order valence-electron chi connectivity index (χ3n) is 6.99. The molecule has 3 aliphatic rings. The lowest BCUT2D eigenvalue weighted by Crippen LogP contribution is -2.67. The highest BCUT2D eigenvalue weighted by atomic mass is 32.2. The summed E-state index contributed by atoms with van der Waals surface area (Å²) in [4.78, 5) is 32.0. The number of benzene rings is 2. The van der Waals surface area contributed by atoms with Crippen LogP contribution in [0.25, 0.3) is 0 Å². The molecule has 5 rings (SSSR count). The Morgan fingerprint density at radius 1 is 1.13 bits per heavy atom. The summed E-state index contributed by atoms with van der Waals surface area (Å²) in [5.74, 6) is -5.12. The Hall–Kier alpha value is -3.03. The highest BCUT2D eigenvalue weighted by Gasteiger charge is 2.51. The molecule has 0 bridgehead atoms. The molecule has 9 nitrogen and oxygen atoms in total. The zero-order valence-corrected chi connectivity index (χ0v) is 22.6. The van der Waals surface area contributed by atoms with Crippen LogP contribution in [0.3, 0.4) is 0 Å². The lowest BCUT2D eigenvalue weighted by atomic mass is 10.1. The highest BCUT2D eigenvalue weighted by molar-refractivity contribution is 8.14. The van der Waals surface area contributed by atoms with E-state index in [1.54, 1.807) is 6.07 Å². The van der Waals surface area contributed by atoms with E-state index in [4.69, 9.17) is 0 Å². The number of halogens is 2. The largest absolute Gasteiger partial charge is 0.350 e. The van der Waals surface area contributed by atoms with E-state index >= 15 is 8.78 Å². The summed E-state index contributed by atoms with van der Waals surface area (Å²) in [6, 6.07) is 15.5. The van der Waals surface area contributed by atoms with E-state index in [1.165, 1.54) is 24.3 Å². The number of likely N-dealkylation sites (tertiary alicyclic amines) is 1. The Labute approximate surface area is 229 Å². The SMILES string of the molecule is O=C1NC(C(F)(F)CCS(=O)(=O)c2ccccc2)NC2SC(N3CCC[C@@H]3C(=O)NCc3ccccc3)=NC12. The second-order valence-corrected chi connectivity index (χ2v) is 12.9. The number of carbonyl (C=O) groups excluding carboxylic acids is 2. The molecule has 2 amide bonds. The van der Waals surface area contributed by atoms with Gasteiger partial charge in [0.15, 0.2) is 21.0 Å². The van der Waals surface area contributed by atoms with E-state index < -0.39 is 57.5 Å². The van der Waals surface area contributed by atoms with Gasteiger partial charge in [-0.05, 0) is 30.5 Å². The Morgan fingerprint density at radius 3 is 2.54 bits per heavy atom. The van der Waals surface area contributed by atoms with Gasteiger partial charge in [-0.15, -0.1) is 0 Å². The number of thioether (sulfide) groups is 1. The Morgan fingerprint density at radius 2 is 1.82 bits per heavy atom. The number of carbonyl (C=O) groups is 2. The molecule has 4 atom stereocenters. The zero-order valence-electron chi connectivity index (χ0n) is 20.9. The van der Waals surface area contributed by atoms with Gasteiger partial charge in [-0.2, -0.15) is 0 Å². The van der Waals surface area contributed by atoms with Crippen LogP contribution >= 0.6 is 11.8 Å². The molecular formula is C26H29F2N5O4S2. The molecule has 2 saturated heterocycles. The number of nitrogens with one attached hydrogen (secondary N) is 3. The number of amides is 2. The summed E-state index contributed by atoms with van der Waals surface area (Å²) < 4.78 is 55.3. The monoisotopic (exact) mass is 577 g/mol. The summed E-state index contributed by atoms with van der Waals surface area (Å²) >= 11 is 1.14. The molecule has 3 unspecified atom stereocenters. The topological polar surface area (TPSA) is 120 Å². The standard InChI is InChI=1S/C26H29F2N5O4S2/c27-26(28,13-15-39(36,37)18-10-5-2-6-11-18)24-31-22(35)20-23(32-24)38-25(30-20)33-14-7-12-19(33)21(34)29-16-17-8-3-1-4-9-17/h1-6,8-11,19-20,23-24,32H,7,12-16H2,(H,29,34)(H,31,35)/t19-,20?,23?,24?/m1/s1. The average molecular weight is 578 g/mol. The fraction of sp³-hybridized carbons (Fsp3) is 0.423. The number of amidine groups is 1. The van der Waals surface area contributed by atoms with Gasteiger partial charge in [0.05, 0.1) is 16.0 Å². The lowest BCUT2D eigenvalue weighted by molar-refractivity contribution is -0.132. The number of hydrogen-bond acceptors (Lipinski definition) is 8. The van der Waals surface area contributed by atoms with Gasteiger partial charge in [-0.3, -0.25) is 14.9 Å². The smallest absolute Gasteiger partial charge is 0.281 e. The van der Waals surface area contributed by atoms with Crippen molar-refractivity contribution in [3.63, 3.8) is 0 Å². The molecule has 3 aliphatic heterocycles. The molecule has 2 aromatic carbocycles. The van der Waals surface area contributed by atoms with E-state index in [2.05, 4.69) is 20.9 Å². The fourth-order valence-electron chi connectivity index (χ4n) is 4.85. The minimum absolute atomic E-state index is 0.0288. The van der Waals surface area contributed by atoms with Gasteiger partial charge in [-0.1, -0.05) is 60.3 Å². The second-order valence-electron chi connectivity index (χ2n) is 9.70. The molecule has 2 fully saturated rings. The number of aliphatic imine (C=N–C) groups is 1. The van der Waals surface area contributed by atoms with Gasteiger partial charge in [0.1, 0.15) is 12.2 Å². The van der Waals surface area contributed by atoms with Crippen molar-refractivity contribution in [2.75, 3.05) is 12.3 Å². The molecule has 2 aromatic rings. The molecule has 0 radical (unpaired) electrons. The van der Waals surface area contributed by atoms with Crippen LogP contribution in [0, 0.1) is 0 Å². The van der Waals surface area contributed by atoms with Crippen molar-refractivity contribution in [2.45, 2.75) is 60.2 Å². The predicted molar refractivity (Wildman–Crippen MR) is 144 cm³/mol. The van der Waals surface area contributed by atoms with Crippen LogP contribution in [0.1, 0.15) is 24.8 Å². The van der Waals surface area contributed by atoms with E-state index in [-0.39, 0.29) is 10.8 Å². The first-order valence-corrected chi connectivity index (χ1v) is 15.2. The lowest BCUT2D eigenvalue weighted by Gasteiger charge is -2.36. The van der Waals surface area contributed by atoms with Gasteiger partial charge in [0.25, 0.3) is 5.92 Å². The Balaban J connectivity index is 1.20. The number of alkyl halides is 2. The normalized spacial score (nSPS) is 25.1. The van der Waals surface area contributed by atoms with Crippen molar-refractivity contribution in [1.29, 1.82) is 0 Å². The number of sulfone groups is 1. The maximum absolute atomic E-state index is 15.1. The van der Waals surface area contributed by atoms with E-state index in [0.717, 1.165) is 23.7 Å². The maximum Gasteiger partial charge on any atom is 0.281 e. The van der Waals surface area contributed by atoms with Crippen molar-refractivity contribution < 1.29 is 26.8 Å². The molecule has 208 valence electrons. The summed E-state index contributed by atoms with van der Waals surface area (Å²) in [6.45, 7) is 0.947. The summed E-state index contributed by atoms with van der Waals surface area (Å²) in [6.07, 6.45) is -1.34. The van der Waals surface area contributed by atoms with Gasteiger partial charge in [0, 0.05) is 19.5 Å². The number of rotatable bonds is 8. The first kappa shape index (κ1) is 27.5. The summed E-state index contributed by atoms with van der Waals surface area (Å²) in [7, 11) is -3.91. The van der Waals surface area contributed by atoms with Crippen LogP contribution in [0.4, 0.5) is 8.78 Å². The quantitative estimate of drug-likeness (QED) is 0.440. The Bertz CT molecular complexity index is 1340. The molecule has 0 spiro atoms. The van der Waals surface area contributed by atoms with E-state index in [0.29, 0.717) is 24.7 Å². The first-order valence-electron chi connectivity index (χ1n) is 12.7. The minimum Gasteiger partial charge on any atom is -0.350 e. The van der Waals surface area contributed by atoms with Crippen LogP contribution in [0.5, 0.6) is 0 Å². The summed E-state index contributed by atoms with van der Waals surface area (Å²) in [5, 5.41) is 7.67. The van der Waals surface area contributed by atoms with Crippen LogP contribution < -0.4 is 16.0 Å². The third-order valence-corrected chi connectivity index (χ3v) is 9.92. The van der Waals surface area contributed by atoms with Crippen LogP contribution in [-0.2, 0) is 26.0 Å². The maximum atomic E-state index is 15.1. The van der Waals surface area contributed by atoms with Gasteiger partial charge < -0.3 is 15.5 Å². The predicted octanol–water partition coefficient (Wildman–Crippen LogP) is 2.11. The van der Waals surface area contributed by atoms with Gasteiger partial charge in [-0.25, -0.2) is 22.2 Å². The van der Waals surface area contributed by atoms with Crippen LogP contribution in [0.2, 0.25) is 0 Å². The van der Waals surface area contributed by atoms with Crippen molar-refractivity contribution in [3.05, 3.63) is 66.2 Å². The van der Waals surface area contributed by atoms with Gasteiger partial charge >= 0.3 is 0 Å². The van der Waals surface area contributed by atoms with E-state index in [1.807, 2.05) is 35.2 Å². The van der Waals surface area contributed by atoms with Crippen molar-refractivity contribution in [2.24, 2.45) is 4.99 Å². The van der Waals surface area contributed by atoms with Crippen molar-refractivity contribution >= 4 is 38.6 Å². The highest BCUT2D eigenvalue weighted by Crippen LogP contribution is 2.35. The molecular weight excluding hydrogens is 548 g/mol.